The van der Waals surface area contributed by atoms with Gasteiger partial charge in [-0.05, 0) is 31.5 Å². The fraction of sp³-hybridized carbons (Fsp3) is 0.267. The average Bonchev–Trinajstić information content (AvgIpc) is 2.26. The van der Waals surface area contributed by atoms with Crippen molar-refractivity contribution in [2.45, 2.75) is 26.3 Å². The van der Waals surface area contributed by atoms with E-state index in [0.717, 1.165) is 10.9 Å². The van der Waals surface area contributed by atoms with Crippen molar-refractivity contribution in [3.8, 4) is 0 Å². The summed E-state index contributed by atoms with van der Waals surface area (Å²) in [6, 6.07) is 14.3. The smallest absolute Gasteiger partial charge is 0.126 e. The van der Waals surface area contributed by atoms with Crippen LogP contribution in [0.2, 0.25) is 0 Å². The number of nitrogens with two attached hydrogens (primary N) is 1. The molecule has 2 aromatic carbocycles. The van der Waals surface area contributed by atoms with E-state index in [-0.39, 0.29) is 5.54 Å². The molecular weight excluding hydrogens is 208 g/mol. The minimum absolute atomic E-state index is 0.152. The molecule has 2 N–H and O–H groups in total. The molecule has 2 rings (SSSR count). The van der Waals surface area contributed by atoms with E-state index >= 15 is 0 Å². The van der Waals surface area contributed by atoms with E-state index in [2.05, 4.69) is 23.2 Å². The molecule has 0 aromatic heterocycles. The summed E-state index contributed by atoms with van der Waals surface area (Å²) in [5, 5.41) is 2.34. The van der Waals surface area contributed by atoms with Gasteiger partial charge in [0.15, 0.2) is 0 Å². The Balaban J connectivity index is 2.60. The molecule has 2 aromatic rings. The van der Waals surface area contributed by atoms with Crippen LogP contribution in [0.4, 0.5) is 0 Å². The average molecular weight is 226 g/mol. The van der Waals surface area contributed by atoms with Gasteiger partial charge in [-0.3, -0.25) is 4.99 Å². The van der Waals surface area contributed by atoms with E-state index in [1.165, 1.54) is 5.39 Å². The number of fused-ring (bicyclic) bond motifs is 1. The highest BCUT2D eigenvalue weighted by Gasteiger charge is 2.10. The van der Waals surface area contributed by atoms with Crippen LogP contribution in [-0.4, -0.2) is 11.4 Å². The molecule has 0 aliphatic carbocycles. The van der Waals surface area contributed by atoms with Crippen LogP contribution in [0.5, 0.6) is 0 Å². The van der Waals surface area contributed by atoms with Crippen LogP contribution in [0.15, 0.2) is 47.5 Å². The Bertz CT molecular complexity index is 557. The van der Waals surface area contributed by atoms with Crippen molar-refractivity contribution in [2.75, 3.05) is 0 Å². The zero-order chi connectivity index (χ0) is 12.5. The second kappa shape index (κ2) is 4.21. The fourth-order valence-corrected chi connectivity index (χ4v) is 1.87. The Morgan fingerprint density at radius 3 is 2.35 bits per heavy atom. The molecule has 0 heterocycles. The second-order valence-electron chi connectivity index (χ2n) is 5.19. The highest BCUT2D eigenvalue weighted by molar-refractivity contribution is 6.09. The number of aliphatic imine (C=N–C) groups is 1. The van der Waals surface area contributed by atoms with Gasteiger partial charge in [-0.15, -0.1) is 0 Å². The first-order valence-corrected chi connectivity index (χ1v) is 5.81. The lowest BCUT2D eigenvalue weighted by atomic mass is 10.0. The van der Waals surface area contributed by atoms with Gasteiger partial charge in [0.2, 0.25) is 0 Å². The molecule has 0 spiro atoms. The van der Waals surface area contributed by atoms with Crippen LogP contribution in [0, 0.1) is 0 Å². The Labute approximate surface area is 102 Å². The van der Waals surface area contributed by atoms with Crippen LogP contribution in [0.3, 0.4) is 0 Å². The second-order valence-corrected chi connectivity index (χ2v) is 5.19. The molecule has 0 saturated carbocycles. The van der Waals surface area contributed by atoms with Crippen LogP contribution in [0.1, 0.15) is 26.3 Å². The maximum Gasteiger partial charge on any atom is 0.126 e. The third kappa shape index (κ3) is 2.64. The molecule has 0 fully saturated rings. The van der Waals surface area contributed by atoms with Gasteiger partial charge in [0.1, 0.15) is 5.84 Å². The van der Waals surface area contributed by atoms with Crippen LogP contribution < -0.4 is 5.73 Å². The van der Waals surface area contributed by atoms with Crippen molar-refractivity contribution in [2.24, 2.45) is 10.7 Å². The largest absolute Gasteiger partial charge is 0.383 e. The zero-order valence-electron chi connectivity index (χ0n) is 10.6. The predicted molar refractivity (Wildman–Crippen MR) is 74.4 cm³/mol. The first kappa shape index (κ1) is 11.6. The summed E-state index contributed by atoms with van der Waals surface area (Å²) in [6.07, 6.45) is 0. The van der Waals surface area contributed by atoms with Gasteiger partial charge < -0.3 is 5.73 Å². The SMILES string of the molecule is CC(C)(C)N=C(N)c1cccc2ccccc12. The molecule has 0 aliphatic heterocycles. The lowest BCUT2D eigenvalue weighted by Gasteiger charge is -2.14. The molecular formula is C15H18N2. The first-order valence-electron chi connectivity index (χ1n) is 5.81. The van der Waals surface area contributed by atoms with Gasteiger partial charge in [0.25, 0.3) is 0 Å². The van der Waals surface area contributed by atoms with Crippen molar-refractivity contribution >= 4 is 16.6 Å². The molecule has 88 valence electrons. The highest BCUT2D eigenvalue weighted by Crippen LogP contribution is 2.19. The highest BCUT2D eigenvalue weighted by atomic mass is 14.9. The molecule has 0 radical (unpaired) electrons. The summed E-state index contributed by atoms with van der Waals surface area (Å²) in [6.45, 7) is 6.14. The lowest BCUT2D eigenvalue weighted by molar-refractivity contribution is 0.583. The summed E-state index contributed by atoms with van der Waals surface area (Å²) in [4.78, 5) is 4.52. The van der Waals surface area contributed by atoms with Crippen molar-refractivity contribution in [1.29, 1.82) is 0 Å². The molecule has 2 nitrogen and oxygen atoms in total. The Morgan fingerprint density at radius 1 is 1.00 bits per heavy atom. The molecule has 0 bridgehead atoms. The summed E-state index contributed by atoms with van der Waals surface area (Å²) in [7, 11) is 0. The summed E-state index contributed by atoms with van der Waals surface area (Å²) in [5.41, 5.74) is 6.96. The quantitative estimate of drug-likeness (QED) is 0.587. The topological polar surface area (TPSA) is 38.4 Å². The molecule has 0 atom stereocenters. The van der Waals surface area contributed by atoms with Crippen molar-refractivity contribution in [3.63, 3.8) is 0 Å². The van der Waals surface area contributed by atoms with Gasteiger partial charge in [-0.25, -0.2) is 0 Å². The van der Waals surface area contributed by atoms with Gasteiger partial charge in [0.05, 0.1) is 5.54 Å². The lowest BCUT2D eigenvalue weighted by Crippen LogP contribution is -2.21. The fourth-order valence-electron chi connectivity index (χ4n) is 1.87. The van der Waals surface area contributed by atoms with E-state index in [1.54, 1.807) is 0 Å². The van der Waals surface area contributed by atoms with Crippen molar-refractivity contribution in [3.05, 3.63) is 48.0 Å². The van der Waals surface area contributed by atoms with Crippen molar-refractivity contribution in [1.82, 2.24) is 0 Å². The molecule has 0 saturated heterocycles. The van der Waals surface area contributed by atoms with E-state index in [9.17, 15) is 0 Å². The molecule has 0 unspecified atom stereocenters. The summed E-state index contributed by atoms with van der Waals surface area (Å²) >= 11 is 0. The molecule has 0 amide bonds. The summed E-state index contributed by atoms with van der Waals surface area (Å²) < 4.78 is 0. The number of hydrogen-bond acceptors (Lipinski definition) is 1. The van der Waals surface area contributed by atoms with E-state index < -0.39 is 0 Å². The Hall–Kier alpha value is -1.83. The maximum absolute atomic E-state index is 6.10. The molecule has 17 heavy (non-hydrogen) atoms. The number of amidine groups is 1. The standard InChI is InChI=1S/C15H18N2/c1-15(2,3)17-14(16)13-10-6-8-11-7-4-5-9-12(11)13/h4-10H,1-3H3,(H2,16,17). The maximum atomic E-state index is 6.10. The van der Waals surface area contributed by atoms with Gasteiger partial charge >= 0.3 is 0 Å². The normalized spacial score (nSPS) is 13.0. The van der Waals surface area contributed by atoms with Crippen LogP contribution >= 0.6 is 0 Å². The monoisotopic (exact) mass is 226 g/mol. The van der Waals surface area contributed by atoms with E-state index in [4.69, 9.17) is 5.73 Å². The summed E-state index contributed by atoms with van der Waals surface area (Å²) in [5.74, 6) is 0.606. The minimum atomic E-state index is -0.152. The van der Waals surface area contributed by atoms with Gasteiger partial charge in [-0.2, -0.15) is 0 Å². The predicted octanol–water partition coefficient (Wildman–Crippen LogP) is 3.34. The Kier molecular flexibility index (Phi) is 2.88. The van der Waals surface area contributed by atoms with Gasteiger partial charge in [0, 0.05) is 5.56 Å². The molecule has 2 heteroatoms. The van der Waals surface area contributed by atoms with E-state index in [0.29, 0.717) is 5.84 Å². The van der Waals surface area contributed by atoms with Crippen LogP contribution in [-0.2, 0) is 0 Å². The Morgan fingerprint density at radius 2 is 1.65 bits per heavy atom. The number of hydrogen-bond donors (Lipinski definition) is 1. The minimum Gasteiger partial charge on any atom is -0.383 e. The molecule has 0 aliphatic rings. The van der Waals surface area contributed by atoms with E-state index in [1.807, 2.05) is 45.0 Å². The van der Waals surface area contributed by atoms with Crippen molar-refractivity contribution < 1.29 is 0 Å². The number of rotatable bonds is 1. The third-order valence-corrected chi connectivity index (χ3v) is 2.52. The number of benzene rings is 2. The number of nitrogens with zero attached hydrogens (tertiary/aromatic N) is 1. The van der Waals surface area contributed by atoms with Gasteiger partial charge in [-0.1, -0.05) is 42.5 Å². The van der Waals surface area contributed by atoms with Crippen LogP contribution in [0.25, 0.3) is 10.8 Å². The first-order chi connectivity index (χ1) is 7.97. The third-order valence-electron chi connectivity index (χ3n) is 2.52. The zero-order valence-corrected chi connectivity index (χ0v) is 10.6.